The van der Waals surface area contributed by atoms with Gasteiger partial charge in [0.1, 0.15) is 12.6 Å². The number of rotatable bonds is 14. The summed E-state index contributed by atoms with van der Waals surface area (Å²) in [5.41, 5.74) is 2.47. The molecule has 0 radical (unpaired) electrons. The van der Waals surface area contributed by atoms with E-state index in [0.717, 1.165) is 15.4 Å². The highest BCUT2D eigenvalue weighted by atomic mass is 35.5. The highest BCUT2D eigenvalue weighted by Crippen LogP contribution is 2.34. The number of likely N-dealkylation sites (N-methyl/N-ethyl adjacent to an activating group) is 1. The summed E-state index contributed by atoms with van der Waals surface area (Å²) in [5, 5.41) is 3.45. The molecule has 2 amide bonds. The molecule has 0 saturated heterocycles. The fraction of sp³-hybridized carbons (Fsp3) is 0.257. The minimum absolute atomic E-state index is 0.00807. The zero-order valence-electron chi connectivity index (χ0n) is 26.6. The van der Waals surface area contributed by atoms with Crippen LogP contribution in [0.15, 0.2) is 95.9 Å². The molecule has 1 atom stereocenters. The molecule has 0 spiro atoms. The molecule has 0 heterocycles. The van der Waals surface area contributed by atoms with Gasteiger partial charge < -0.3 is 19.7 Å². The second-order valence-electron chi connectivity index (χ2n) is 10.7. The van der Waals surface area contributed by atoms with E-state index >= 15 is 0 Å². The van der Waals surface area contributed by atoms with E-state index < -0.39 is 28.5 Å². The molecule has 4 rings (SSSR count). The zero-order valence-corrected chi connectivity index (χ0v) is 28.9. The standard InChI is InChI=1S/C35H37Cl2N3O6S/c1-5-38-35(42)31(20-25-9-7-6-8-10-25)39(22-26-13-17-29(36)30(37)19-26)34(41)23-40(27-14-18-32(45-3)33(21-27)46-4)47(43,44)28-15-11-24(2)12-16-28/h6-19,21,31H,5,20,22-23H2,1-4H3,(H,38,42)/t31-/m1/s1. The summed E-state index contributed by atoms with van der Waals surface area (Å²) < 4.78 is 40.4. The van der Waals surface area contributed by atoms with Crippen LogP contribution in [0.4, 0.5) is 5.69 Å². The Balaban J connectivity index is 1.85. The molecule has 0 aliphatic rings. The van der Waals surface area contributed by atoms with Crippen molar-refractivity contribution in [3.05, 3.63) is 118 Å². The summed E-state index contributed by atoms with van der Waals surface area (Å²) in [5.74, 6) is -0.341. The Hall–Kier alpha value is -4.25. The average Bonchev–Trinajstić information content (AvgIpc) is 3.07. The van der Waals surface area contributed by atoms with Gasteiger partial charge in [0, 0.05) is 25.6 Å². The number of nitrogens with one attached hydrogen (secondary N) is 1. The lowest BCUT2D eigenvalue weighted by Crippen LogP contribution is -2.53. The van der Waals surface area contributed by atoms with E-state index in [2.05, 4.69) is 5.32 Å². The maximum atomic E-state index is 14.6. The molecule has 0 unspecified atom stereocenters. The minimum Gasteiger partial charge on any atom is -0.493 e. The summed E-state index contributed by atoms with van der Waals surface area (Å²) in [4.78, 5) is 29.6. The monoisotopic (exact) mass is 697 g/mol. The molecule has 0 aliphatic carbocycles. The van der Waals surface area contributed by atoms with Gasteiger partial charge in [-0.05, 0) is 61.4 Å². The summed E-state index contributed by atoms with van der Waals surface area (Å²) in [6, 6.07) is 24.2. The van der Waals surface area contributed by atoms with Crippen LogP contribution in [-0.2, 0) is 32.6 Å². The number of hydrogen-bond donors (Lipinski definition) is 1. The van der Waals surface area contributed by atoms with Gasteiger partial charge in [-0.3, -0.25) is 13.9 Å². The molecule has 4 aromatic rings. The van der Waals surface area contributed by atoms with Crippen LogP contribution in [0.25, 0.3) is 0 Å². The van der Waals surface area contributed by atoms with Crippen molar-refractivity contribution in [2.45, 2.75) is 37.8 Å². The first-order valence-corrected chi connectivity index (χ1v) is 17.0. The number of methoxy groups -OCH3 is 2. The fourth-order valence-electron chi connectivity index (χ4n) is 5.03. The lowest BCUT2D eigenvalue weighted by molar-refractivity contribution is -0.140. The third kappa shape index (κ3) is 8.77. The molecule has 248 valence electrons. The SMILES string of the molecule is CCNC(=O)[C@@H](Cc1ccccc1)N(Cc1ccc(Cl)c(Cl)c1)C(=O)CN(c1ccc(OC)c(OC)c1)S(=O)(=O)c1ccc(C)cc1. The molecule has 0 fully saturated rings. The van der Waals surface area contributed by atoms with Gasteiger partial charge in [0.25, 0.3) is 10.0 Å². The molecule has 0 aromatic heterocycles. The Morgan fingerprint density at radius 1 is 0.830 bits per heavy atom. The zero-order chi connectivity index (χ0) is 34.1. The number of amides is 2. The first-order valence-electron chi connectivity index (χ1n) is 14.8. The number of hydrogen-bond acceptors (Lipinski definition) is 6. The van der Waals surface area contributed by atoms with E-state index in [1.54, 1.807) is 43.3 Å². The van der Waals surface area contributed by atoms with Gasteiger partial charge in [0.05, 0.1) is 34.8 Å². The van der Waals surface area contributed by atoms with Crippen molar-refractivity contribution in [1.29, 1.82) is 0 Å². The molecule has 4 aromatic carbocycles. The van der Waals surface area contributed by atoms with Crippen LogP contribution in [0, 0.1) is 6.92 Å². The number of ether oxygens (including phenoxy) is 2. The number of anilines is 1. The molecule has 1 N–H and O–H groups in total. The Labute approximate surface area is 286 Å². The van der Waals surface area contributed by atoms with Crippen LogP contribution in [0.3, 0.4) is 0 Å². The van der Waals surface area contributed by atoms with Crippen LogP contribution >= 0.6 is 23.2 Å². The topological polar surface area (TPSA) is 105 Å². The maximum Gasteiger partial charge on any atom is 0.264 e. The number of carbonyl (C=O) groups is 2. The maximum absolute atomic E-state index is 14.6. The van der Waals surface area contributed by atoms with Crippen molar-refractivity contribution < 1.29 is 27.5 Å². The van der Waals surface area contributed by atoms with E-state index in [-0.39, 0.29) is 40.2 Å². The van der Waals surface area contributed by atoms with E-state index in [4.69, 9.17) is 32.7 Å². The molecule has 0 bridgehead atoms. The van der Waals surface area contributed by atoms with Crippen LogP contribution < -0.4 is 19.1 Å². The first-order chi connectivity index (χ1) is 22.5. The number of sulfonamides is 1. The van der Waals surface area contributed by atoms with Crippen LogP contribution in [0.5, 0.6) is 11.5 Å². The predicted molar refractivity (Wildman–Crippen MR) is 185 cm³/mol. The van der Waals surface area contributed by atoms with E-state index in [1.807, 2.05) is 37.3 Å². The van der Waals surface area contributed by atoms with E-state index in [0.29, 0.717) is 22.9 Å². The Kier molecular flexibility index (Phi) is 12.1. The highest BCUT2D eigenvalue weighted by molar-refractivity contribution is 7.92. The van der Waals surface area contributed by atoms with Crippen molar-refractivity contribution in [1.82, 2.24) is 10.2 Å². The predicted octanol–water partition coefficient (Wildman–Crippen LogP) is 6.29. The van der Waals surface area contributed by atoms with Gasteiger partial charge in [0.15, 0.2) is 11.5 Å². The Bertz CT molecular complexity index is 1800. The molecular formula is C35H37Cl2N3O6S. The van der Waals surface area contributed by atoms with Crippen molar-refractivity contribution in [2.24, 2.45) is 0 Å². The van der Waals surface area contributed by atoms with Crippen molar-refractivity contribution in [3.63, 3.8) is 0 Å². The second kappa shape index (κ2) is 16.0. The van der Waals surface area contributed by atoms with Gasteiger partial charge in [-0.2, -0.15) is 0 Å². The number of aryl methyl sites for hydroxylation is 1. The third-order valence-corrected chi connectivity index (χ3v) is 10.0. The van der Waals surface area contributed by atoms with Gasteiger partial charge >= 0.3 is 0 Å². The smallest absolute Gasteiger partial charge is 0.264 e. The normalized spacial score (nSPS) is 11.8. The average molecular weight is 699 g/mol. The van der Waals surface area contributed by atoms with Gasteiger partial charge in [-0.15, -0.1) is 0 Å². The van der Waals surface area contributed by atoms with Crippen molar-refractivity contribution >= 4 is 50.7 Å². The fourth-order valence-corrected chi connectivity index (χ4v) is 6.75. The number of nitrogens with zero attached hydrogens (tertiary/aromatic N) is 2. The lowest BCUT2D eigenvalue weighted by Gasteiger charge is -2.34. The molecular weight excluding hydrogens is 661 g/mol. The van der Waals surface area contributed by atoms with Crippen LogP contribution in [0.1, 0.15) is 23.6 Å². The van der Waals surface area contributed by atoms with Crippen LogP contribution in [0.2, 0.25) is 10.0 Å². The van der Waals surface area contributed by atoms with Gasteiger partial charge in [0.2, 0.25) is 11.8 Å². The largest absolute Gasteiger partial charge is 0.493 e. The summed E-state index contributed by atoms with van der Waals surface area (Å²) >= 11 is 12.5. The van der Waals surface area contributed by atoms with Gasteiger partial charge in [-0.25, -0.2) is 8.42 Å². The number of carbonyl (C=O) groups excluding carboxylic acids is 2. The van der Waals surface area contributed by atoms with Crippen molar-refractivity contribution in [3.8, 4) is 11.5 Å². The van der Waals surface area contributed by atoms with Crippen LogP contribution in [-0.4, -0.2) is 58.5 Å². The van der Waals surface area contributed by atoms with E-state index in [9.17, 15) is 18.0 Å². The molecule has 9 nitrogen and oxygen atoms in total. The lowest BCUT2D eigenvalue weighted by atomic mass is 10.0. The summed E-state index contributed by atoms with van der Waals surface area (Å²) in [7, 11) is -1.39. The Morgan fingerprint density at radius 2 is 1.51 bits per heavy atom. The highest BCUT2D eigenvalue weighted by Gasteiger charge is 2.35. The second-order valence-corrected chi connectivity index (χ2v) is 13.4. The van der Waals surface area contributed by atoms with Gasteiger partial charge in [-0.1, -0.05) is 77.3 Å². The quantitative estimate of drug-likeness (QED) is 0.166. The van der Waals surface area contributed by atoms with Crippen molar-refractivity contribution in [2.75, 3.05) is 31.6 Å². The van der Waals surface area contributed by atoms with E-state index in [1.165, 1.54) is 43.4 Å². The molecule has 12 heteroatoms. The Morgan fingerprint density at radius 3 is 2.13 bits per heavy atom. The first kappa shape index (κ1) is 35.6. The molecule has 47 heavy (non-hydrogen) atoms. The molecule has 0 saturated carbocycles. The number of halogens is 2. The summed E-state index contributed by atoms with van der Waals surface area (Å²) in [6.45, 7) is 3.29. The third-order valence-electron chi connectivity index (χ3n) is 7.50. The molecule has 0 aliphatic heterocycles. The minimum atomic E-state index is -4.29. The summed E-state index contributed by atoms with van der Waals surface area (Å²) in [6.07, 6.45) is 0.181. The number of benzene rings is 4.